The molecule has 2 aliphatic heterocycles. The van der Waals surface area contributed by atoms with Gasteiger partial charge in [-0.1, -0.05) is 0 Å². The van der Waals surface area contributed by atoms with Gasteiger partial charge in [-0.15, -0.1) is 0 Å². The van der Waals surface area contributed by atoms with Gasteiger partial charge in [0.15, 0.2) is 0 Å². The van der Waals surface area contributed by atoms with Gasteiger partial charge in [0.05, 0.1) is 23.3 Å². The summed E-state index contributed by atoms with van der Waals surface area (Å²) in [7, 11) is -2.07. The van der Waals surface area contributed by atoms with Gasteiger partial charge in [0.2, 0.25) is 15.9 Å². The molecule has 0 spiro atoms. The first-order chi connectivity index (χ1) is 15.0. The van der Waals surface area contributed by atoms with E-state index in [-0.39, 0.29) is 31.7 Å². The number of hydrogen-bond donors (Lipinski definition) is 2. The maximum atomic E-state index is 13.3. The number of imide groups is 1. The Morgan fingerprint density at radius 2 is 1.97 bits per heavy atom. The lowest BCUT2D eigenvalue weighted by Gasteiger charge is -2.48. The molecule has 4 fully saturated rings. The Morgan fingerprint density at radius 3 is 2.53 bits per heavy atom. The van der Waals surface area contributed by atoms with Gasteiger partial charge in [-0.2, -0.15) is 0 Å². The summed E-state index contributed by atoms with van der Waals surface area (Å²) < 4.78 is 68.0. The standard InChI is InChI=1S/C19H30F3N5O4S/c1-25-8-12(7-23-25)9-27-17(28)14-6-13(32(30,31)24-19(11-20)4-5-19)2-3-15(14)26(18(27)29)10-16(21)22/h12-16,23-24H,2-11H2,1H3. The average molecular weight is 482 g/mol. The van der Waals surface area contributed by atoms with Crippen LogP contribution in [0, 0.1) is 11.8 Å². The molecule has 0 aromatic rings. The van der Waals surface area contributed by atoms with E-state index in [0.29, 0.717) is 25.9 Å². The van der Waals surface area contributed by atoms with Crippen molar-refractivity contribution in [1.29, 1.82) is 0 Å². The third-order valence-electron chi connectivity index (χ3n) is 7.09. The van der Waals surface area contributed by atoms with Crippen molar-refractivity contribution in [2.75, 3.05) is 39.9 Å². The minimum Gasteiger partial charge on any atom is -0.315 e. The summed E-state index contributed by atoms with van der Waals surface area (Å²) in [5, 5.41) is 0.899. The monoisotopic (exact) mass is 481 g/mol. The minimum absolute atomic E-state index is 0.0538. The predicted octanol–water partition coefficient (Wildman–Crippen LogP) is 0.541. The largest absolute Gasteiger partial charge is 0.327 e. The summed E-state index contributed by atoms with van der Waals surface area (Å²) in [4.78, 5) is 28.3. The smallest absolute Gasteiger partial charge is 0.315 e. The van der Waals surface area contributed by atoms with Crippen molar-refractivity contribution in [3.05, 3.63) is 0 Å². The van der Waals surface area contributed by atoms with Crippen LogP contribution < -0.4 is 10.1 Å². The lowest BCUT2D eigenvalue weighted by Crippen LogP contribution is -2.65. The van der Waals surface area contributed by atoms with Gasteiger partial charge in [0.1, 0.15) is 6.67 Å². The second-order valence-corrected chi connectivity index (χ2v) is 11.5. The fourth-order valence-electron chi connectivity index (χ4n) is 5.14. The number of fused-ring (bicyclic) bond motifs is 1. The van der Waals surface area contributed by atoms with Crippen molar-refractivity contribution >= 4 is 22.0 Å². The lowest BCUT2D eigenvalue weighted by molar-refractivity contribution is -0.141. The number of rotatable bonds is 8. The molecule has 4 rings (SSSR count). The van der Waals surface area contributed by atoms with Crippen LogP contribution in [0.25, 0.3) is 0 Å². The van der Waals surface area contributed by atoms with E-state index in [1.165, 1.54) is 0 Å². The molecule has 32 heavy (non-hydrogen) atoms. The molecule has 0 bridgehead atoms. The first-order valence-electron chi connectivity index (χ1n) is 11.0. The van der Waals surface area contributed by atoms with Gasteiger partial charge < -0.3 is 4.90 Å². The highest BCUT2D eigenvalue weighted by molar-refractivity contribution is 7.90. The molecule has 0 aromatic carbocycles. The molecule has 4 atom stereocenters. The molecule has 4 unspecified atom stereocenters. The quantitative estimate of drug-likeness (QED) is 0.525. The van der Waals surface area contributed by atoms with Crippen LogP contribution in [-0.4, -0.2) is 98.3 Å². The zero-order chi connectivity index (χ0) is 23.3. The molecule has 0 radical (unpaired) electrons. The molecule has 2 saturated heterocycles. The molecule has 3 amide bonds. The maximum Gasteiger partial charge on any atom is 0.327 e. The zero-order valence-electron chi connectivity index (χ0n) is 18.0. The van der Waals surface area contributed by atoms with Crippen LogP contribution in [-0.2, 0) is 14.8 Å². The second kappa shape index (κ2) is 8.73. The summed E-state index contributed by atoms with van der Waals surface area (Å²) in [6.45, 7) is -0.376. The number of sulfonamides is 1. The molecule has 2 saturated carbocycles. The number of hydrazine groups is 1. The van der Waals surface area contributed by atoms with Crippen molar-refractivity contribution in [3.63, 3.8) is 0 Å². The SMILES string of the molecule is CN1CC(CN2C(=O)C3CC(S(=O)(=O)NC4(CF)CC4)CCC3N(CC(F)F)C2=O)CN1. The number of nitrogens with one attached hydrogen (secondary N) is 2. The van der Waals surface area contributed by atoms with E-state index < -0.39 is 64.4 Å². The highest BCUT2D eigenvalue weighted by atomic mass is 32.2. The summed E-state index contributed by atoms with van der Waals surface area (Å²) in [5.41, 5.74) is 2.04. The number of carbonyl (C=O) groups is 2. The van der Waals surface area contributed by atoms with Crippen LogP contribution in [0.5, 0.6) is 0 Å². The minimum atomic E-state index is -3.89. The molecule has 2 N–H and O–H groups in total. The van der Waals surface area contributed by atoms with Crippen molar-refractivity contribution in [2.24, 2.45) is 11.8 Å². The fraction of sp³-hybridized carbons (Fsp3) is 0.895. The molecule has 182 valence electrons. The Kier molecular flexibility index (Phi) is 6.47. The topological polar surface area (TPSA) is 102 Å². The third kappa shape index (κ3) is 4.62. The van der Waals surface area contributed by atoms with Crippen molar-refractivity contribution in [2.45, 2.75) is 55.4 Å². The molecule has 4 aliphatic rings. The van der Waals surface area contributed by atoms with E-state index >= 15 is 0 Å². The van der Waals surface area contributed by atoms with E-state index in [4.69, 9.17) is 0 Å². The number of hydrogen-bond acceptors (Lipinski definition) is 6. The summed E-state index contributed by atoms with van der Waals surface area (Å²) in [5.74, 6) is -1.44. The molecule has 2 heterocycles. The van der Waals surface area contributed by atoms with Gasteiger partial charge in [0, 0.05) is 38.6 Å². The van der Waals surface area contributed by atoms with Gasteiger partial charge in [0.25, 0.3) is 6.43 Å². The zero-order valence-corrected chi connectivity index (χ0v) is 18.8. The van der Waals surface area contributed by atoms with Crippen molar-refractivity contribution in [3.8, 4) is 0 Å². The van der Waals surface area contributed by atoms with E-state index in [1.54, 1.807) is 0 Å². The van der Waals surface area contributed by atoms with Gasteiger partial charge in [-0.3, -0.25) is 15.1 Å². The summed E-state index contributed by atoms with van der Waals surface area (Å²) in [6.07, 6.45) is -1.74. The molecular formula is C19H30F3N5O4S. The van der Waals surface area contributed by atoms with Crippen LogP contribution in [0.1, 0.15) is 32.1 Å². The summed E-state index contributed by atoms with van der Waals surface area (Å²) >= 11 is 0. The fourth-order valence-corrected chi connectivity index (χ4v) is 7.07. The first kappa shape index (κ1) is 23.7. The molecular weight excluding hydrogens is 451 g/mol. The number of amides is 3. The van der Waals surface area contributed by atoms with Gasteiger partial charge in [-0.05, 0) is 32.1 Å². The van der Waals surface area contributed by atoms with Crippen molar-refractivity contribution in [1.82, 2.24) is 25.0 Å². The third-order valence-corrected chi connectivity index (χ3v) is 9.11. The molecule has 2 aliphatic carbocycles. The van der Waals surface area contributed by atoms with Crippen molar-refractivity contribution < 1.29 is 31.2 Å². The Morgan fingerprint density at radius 1 is 1.25 bits per heavy atom. The molecule has 0 aromatic heterocycles. The Labute approximate surface area is 185 Å². The van der Waals surface area contributed by atoms with Crippen LogP contribution in [0.4, 0.5) is 18.0 Å². The van der Waals surface area contributed by atoms with E-state index in [1.807, 2.05) is 12.1 Å². The Hall–Kier alpha value is -1.44. The number of halogens is 3. The van der Waals surface area contributed by atoms with E-state index in [2.05, 4.69) is 10.1 Å². The van der Waals surface area contributed by atoms with Crippen LogP contribution in [0.2, 0.25) is 0 Å². The highest BCUT2D eigenvalue weighted by Gasteiger charge is 2.53. The van der Waals surface area contributed by atoms with E-state index in [0.717, 1.165) is 9.80 Å². The maximum absolute atomic E-state index is 13.3. The Bertz CT molecular complexity index is 856. The van der Waals surface area contributed by atoms with Crippen LogP contribution in [0.3, 0.4) is 0 Å². The second-order valence-electron chi connectivity index (χ2n) is 9.55. The number of alkyl halides is 3. The Balaban J connectivity index is 1.54. The number of carbonyl (C=O) groups excluding carboxylic acids is 2. The number of nitrogens with zero attached hydrogens (tertiary/aromatic N) is 3. The van der Waals surface area contributed by atoms with Crippen LogP contribution in [0.15, 0.2) is 0 Å². The average Bonchev–Trinajstić information content (AvgIpc) is 3.38. The lowest BCUT2D eigenvalue weighted by atomic mass is 9.80. The normalized spacial score (nSPS) is 33.2. The van der Waals surface area contributed by atoms with Gasteiger partial charge in [-0.25, -0.2) is 36.1 Å². The molecule has 13 heteroatoms. The summed E-state index contributed by atoms with van der Waals surface area (Å²) in [6, 6.07) is -1.49. The van der Waals surface area contributed by atoms with E-state index in [9.17, 15) is 31.2 Å². The molecule has 9 nitrogen and oxygen atoms in total. The van der Waals surface area contributed by atoms with Gasteiger partial charge >= 0.3 is 6.03 Å². The van der Waals surface area contributed by atoms with Crippen LogP contribution >= 0.6 is 0 Å². The first-order valence-corrected chi connectivity index (χ1v) is 12.5. The number of urea groups is 1. The highest BCUT2D eigenvalue weighted by Crippen LogP contribution is 2.41. The predicted molar refractivity (Wildman–Crippen MR) is 109 cm³/mol.